The van der Waals surface area contributed by atoms with Crippen LogP contribution in [0.15, 0.2) is 0 Å². The van der Waals surface area contributed by atoms with Crippen molar-refractivity contribution in [1.82, 2.24) is 24.6 Å². The number of ether oxygens (including phenoxy) is 1. The molecule has 2 saturated heterocycles. The predicted octanol–water partition coefficient (Wildman–Crippen LogP) is 0.294. The summed E-state index contributed by atoms with van der Waals surface area (Å²) in [7, 11) is 0. The molecule has 7 heteroatoms. The third kappa shape index (κ3) is 2.76. The molecule has 126 valence electrons. The molecule has 7 nitrogen and oxygen atoms in total. The van der Waals surface area contributed by atoms with Crippen LogP contribution in [0.2, 0.25) is 0 Å². The number of hydrogen-bond acceptors (Lipinski definition) is 5. The Morgan fingerprint density at radius 2 is 2.17 bits per heavy atom. The van der Waals surface area contributed by atoms with Crippen molar-refractivity contribution in [3.05, 3.63) is 11.6 Å². The third-order valence-electron chi connectivity index (χ3n) is 5.38. The summed E-state index contributed by atoms with van der Waals surface area (Å²) in [5.41, 5.74) is 0. The first kappa shape index (κ1) is 15.1. The number of nitrogens with zero attached hydrogens (tertiary/aromatic N) is 5. The summed E-state index contributed by atoms with van der Waals surface area (Å²) in [4.78, 5) is 16.9. The van der Waals surface area contributed by atoms with Gasteiger partial charge in [0.15, 0.2) is 0 Å². The van der Waals surface area contributed by atoms with Gasteiger partial charge in [-0.1, -0.05) is 6.92 Å². The summed E-state index contributed by atoms with van der Waals surface area (Å²) >= 11 is 0. The van der Waals surface area contributed by atoms with Crippen molar-refractivity contribution in [2.75, 3.05) is 32.8 Å². The van der Waals surface area contributed by atoms with E-state index < -0.39 is 0 Å². The van der Waals surface area contributed by atoms with Gasteiger partial charge < -0.3 is 14.2 Å². The molecule has 23 heavy (non-hydrogen) atoms. The quantitative estimate of drug-likeness (QED) is 0.801. The number of carbonyl (C=O) groups excluding carboxylic acids is 1. The lowest BCUT2D eigenvalue weighted by Crippen LogP contribution is -2.63. The van der Waals surface area contributed by atoms with Crippen LogP contribution < -0.4 is 0 Å². The molecule has 1 amide bonds. The smallest absolute Gasteiger partial charge is 0.228 e. The Hall–Kier alpha value is -1.47. The van der Waals surface area contributed by atoms with Gasteiger partial charge in [0.05, 0.1) is 19.1 Å². The maximum Gasteiger partial charge on any atom is 0.228 e. The number of hydrogen-bond donors (Lipinski definition) is 0. The summed E-state index contributed by atoms with van der Waals surface area (Å²) in [5.74, 6) is 2.52. The van der Waals surface area contributed by atoms with Gasteiger partial charge >= 0.3 is 0 Å². The van der Waals surface area contributed by atoms with Crippen LogP contribution in [-0.2, 0) is 29.0 Å². The topological polar surface area (TPSA) is 63.5 Å². The van der Waals surface area contributed by atoms with E-state index in [9.17, 15) is 4.79 Å². The first-order chi connectivity index (χ1) is 11.3. The molecule has 4 heterocycles. The highest BCUT2D eigenvalue weighted by Crippen LogP contribution is 2.24. The number of aryl methyl sites for hydroxylation is 1. The van der Waals surface area contributed by atoms with Crippen LogP contribution >= 0.6 is 0 Å². The lowest BCUT2D eigenvalue weighted by molar-refractivity contribution is -0.147. The normalized spacial score (nSPS) is 26.0. The molecule has 1 aromatic rings. The maximum absolute atomic E-state index is 12.5. The molecule has 2 fully saturated rings. The van der Waals surface area contributed by atoms with E-state index in [2.05, 4.69) is 26.6 Å². The zero-order valence-electron chi connectivity index (χ0n) is 13.8. The van der Waals surface area contributed by atoms with Crippen LogP contribution in [0.1, 0.15) is 31.4 Å². The second-order valence-electron chi connectivity index (χ2n) is 6.82. The highest BCUT2D eigenvalue weighted by atomic mass is 16.5. The van der Waals surface area contributed by atoms with Crippen LogP contribution in [0.25, 0.3) is 0 Å². The van der Waals surface area contributed by atoms with Gasteiger partial charge in [0.2, 0.25) is 5.91 Å². The molecule has 0 spiro atoms. The minimum atomic E-state index is 0.0845. The van der Waals surface area contributed by atoms with Gasteiger partial charge in [-0.15, -0.1) is 10.2 Å². The average molecular weight is 319 g/mol. The SMILES string of the molecule is CCc1nnc2n1CCN(C1CN(C(=O)C3CCCOC3)C1)C2. The lowest BCUT2D eigenvalue weighted by Gasteiger charge is -2.47. The highest BCUT2D eigenvalue weighted by Gasteiger charge is 2.39. The van der Waals surface area contributed by atoms with Gasteiger partial charge in [-0.05, 0) is 12.8 Å². The van der Waals surface area contributed by atoms with Crippen LogP contribution in [0, 0.1) is 5.92 Å². The van der Waals surface area contributed by atoms with E-state index in [0.717, 1.165) is 70.2 Å². The monoisotopic (exact) mass is 319 g/mol. The molecule has 3 aliphatic heterocycles. The van der Waals surface area contributed by atoms with E-state index in [-0.39, 0.29) is 11.8 Å². The summed E-state index contributed by atoms with van der Waals surface area (Å²) in [6.45, 7) is 8.07. The second kappa shape index (κ2) is 6.20. The fraction of sp³-hybridized carbons (Fsp3) is 0.812. The van der Waals surface area contributed by atoms with Gasteiger partial charge in [-0.3, -0.25) is 9.69 Å². The lowest BCUT2D eigenvalue weighted by atomic mass is 9.97. The zero-order chi connectivity index (χ0) is 15.8. The molecule has 4 rings (SSSR count). The molecule has 1 atom stereocenters. The molecule has 1 aromatic heterocycles. The molecule has 0 radical (unpaired) electrons. The number of aromatic nitrogens is 3. The number of carbonyl (C=O) groups is 1. The molecule has 0 N–H and O–H groups in total. The second-order valence-corrected chi connectivity index (χ2v) is 6.82. The number of fused-ring (bicyclic) bond motifs is 1. The first-order valence-corrected chi connectivity index (χ1v) is 8.77. The molecule has 3 aliphatic rings. The Morgan fingerprint density at radius 3 is 2.91 bits per heavy atom. The van der Waals surface area contributed by atoms with E-state index in [1.165, 1.54) is 0 Å². The van der Waals surface area contributed by atoms with Crippen LogP contribution in [0.5, 0.6) is 0 Å². The van der Waals surface area contributed by atoms with E-state index in [0.29, 0.717) is 12.6 Å². The molecule has 1 unspecified atom stereocenters. The predicted molar refractivity (Wildman–Crippen MR) is 83.7 cm³/mol. The van der Waals surface area contributed by atoms with Crippen molar-refractivity contribution in [2.24, 2.45) is 5.92 Å². The summed E-state index contributed by atoms with van der Waals surface area (Å²) in [6, 6.07) is 0.471. The van der Waals surface area contributed by atoms with E-state index in [4.69, 9.17) is 4.74 Å². The zero-order valence-corrected chi connectivity index (χ0v) is 13.8. The van der Waals surface area contributed by atoms with Gasteiger partial charge in [-0.25, -0.2) is 0 Å². The maximum atomic E-state index is 12.5. The van der Waals surface area contributed by atoms with Crippen molar-refractivity contribution in [2.45, 2.75) is 45.3 Å². The van der Waals surface area contributed by atoms with E-state index in [1.54, 1.807) is 0 Å². The minimum Gasteiger partial charge on any atom is -0.381 e. The number of rotatable bonds is 3. The summed E-state index contributed by atoms with van der Waals surface area (Å²) in [5, 5.41) is 8.59. The van der Waals surface area contributed by atoms with Gasteiger partial charge in [0.25, 0.3) is 0 Å². The molecule has 0 saturated carbocycles. The molecule has 0 aromatic carbocycles. The molecular weight excluding hydrogens is 294 g/mol. The highest BCUT2D eigenvalue weighted by molar-refractivity contribution is 5.80. The minimum absolute atomic E-state index is 0.0845. The van der Waals surface area contributed by atoms with Crippen LogP contribution in [0.4, 0.5) is 0 Å². The number of amides is 1. The molecule has 0 aliphatic carbocycles. The first-order valence-electron chi connectivity index (χ1n) is 8.77. The van der Waals surface area contributed by atoms with Crippen molar-refractivity contribution >= 4 is 5.91 Å². The Balaban J connectivity index is 1.31. The molecule has 0 bridgehead atoms. The Labute approximate surface area is 136 Å². The Kier molecular flexibility index (Phi) is 4.07. The summed E-state index contributed by atoms with van der Waals surface area (Å²) in [6.07, 6.45) is 2.92. The van der Waals surface area contributed by atoms with E-state index >= 15 is 0 Å². The largest absolute Gasteiger partial charge is 0.381 e. The average Bonchev–Trinajstić information content (AvgIpc) is 2.96. The van der Waals surface area contributed by atoms with Crippen molar-refractivity contribution < 1.29 is 9.53 Å². The third-order valence-corrected chi connectivity index (χ3v) is 5.38. The fourth-order valence-electron chi connectivity index (χ4n) is 3.87. The fourth-order valence-corrected chi connectivity index (χ4v) is 3.87. The van der Waals surface area contributed by atoms with Crippen molar-refractivity contribution in [3.63, 3.8) is 0 Å². The van der Waals surface area contributed by atoms with Crippen molar-refractivity contribution in [1.29, 1.82) is 0 Å². The Morgan fingerprint density at radius 1 is 1.30 bits per heavy atom. The molecular formula is C16H25N5O2. The van der Waals surface area contributed by atoms with Gasteiger partial charge in [-0.2, -0.15) is 0 Å². The van der Waals surface area contributed by atoms with E-state index in [1.807, 2.05) is 4.90 Å². The number of likely N-dealkylation sites (tertiary alicyclic amines) is 1. The van der Waals surface area contributed by atoms with Crippen LogP contribution in [0.3, 0.4) is 0 Å². The van der Waals surface area contributed by atoms with Gasteiger partial charge in [0, 0.05) is 45.2 Å². The van der Waals surface area contributed by atoms with Gasteiger partial charge in [0.1, 0.15) is 11.6 Å². The Bertz CT molecular complexity index is 575. The van der Waals surface area contributed by atoms with Crippen LogP contribution in [-0.4, -0.2) is 69.4 Å². The van der Waals surface area contributed by atoms with Crippen molar-refractivity contribution in [3.8, 4) is 0 Å². The summed E-state index contributed by atoms with van der Waals surface area (Å²) < 4.78 is 7.69. The standard InChI is InChI=1S/C16H25N5O2/c1-2-14-17-18-15-10-19(5-6-21(14)15)13-8-20(9-13)16(22)12-4-3-7-23-11-12/h12-13H,2-11H2,1H3.